The van der Waals surface area contributed by atoms with Crippen molar-refractivity contribution in [3.63, 3.8) is 0 Å². The fourth-order valence-corrected chi connectivity index (χ4v) is 4.41. The number of halogens is 1. The van der Waals surface area contributed by atoms with Gasteiger partial charge in [-0.25, -0.2) is 17.9 Å². The molecule has 1 aromatic heterocycles. The van der Waals surface area contributed by atoms with Crippen LogP contribution in [-0.4, -0.2) is 19.5 Å². The lowest BCUT2D eigenvalue weighted by atomic mass is 10.2. The number of rotatable bonds is 5. The highest BCUT2D eigenvalue weighted by molar-refractivity contribution is 9.10. The number of aromatic carboxylic acids is 1. The number of carbonyl (C=O) groups is 1. The SMILES string of the molecule is Cc1sc(C(=O)O)cc1S(=O)(=O)NCc1ccc(Br)cc1. The van der Waals surface area contributed by atoms with Gasteiger partial charge in [-0.05, 0) is 30.7 Å². The van der Waals surface area contributed by atoms with Crippen LogP contribution >= 0.6 is 27.3 Å². The van der Waals surface area contributed by atoms with Crippen LogP contribution in [0.5, 0.6) is 0 Å². The van der Waals surface area contributed by atoms with Gasteiger partial charge in [0.1, 0.15) is 4.88 Å². The first-order chi connectivity index (χ1) is 9.79. The van der Waals surface area contributed by atoms with Gasteiger partial charge in [0, 0.05) is 15.9 Å². The smallest absolute Gasteiger partial charge is 0.345 e. The molecule has 8 heteroatoms. The quantitative estimate of drug-likeness (QED) is 0.822. The molecule has 0 aliphatic heterocycles. The lowest BCUT2D eigenvalue weighted by Gasteiger charge is -2.06. The van der Waals surface area contributed by atoms with Crippen LogP contribution in [0.2, 0.25) is 0 Å². The average Bonchev–Trinajstić information content (AvgIpc) is 2.81. The summed E-state index contributed by atoms with van der Waals surface area (Å²) in [5, 5.41) is 8.91. The first kappa shape index (κ1) is 16.2. The van der Waals surface area contributed by atoms with Crippen molar-refractivity contribution in [2.24, 2.45) is 0 Å². The Morgan fingerprint density at radius 2 is 1.95 bits per heavy atom. The fourth-order valence-electron chi connectivity index (χ4n) is 1.70. The van der Waals surface area contributed by atoms with Crippen LogP contribution in [0, 0.1) is 6.92 Å². The molecule has 1 aromatic carbocycles. The Kier molecular flexibility index (Phi) is 4.82. The van der Waals surface area contributed by atoms with Gasteiger partial charge in [0.2, 0.25) is 10.0 Å². The van der Waals surface area contributed by atoms with Crippen LogP contribution < -0.4 is 4.72 Å². The Morgan fingerprint density at radius 1 is 1.33 bits per heavy atom. The zero-order chi connectivity index (χ0) is 15.6. The number of hydrogen-bond donors (Lipinski definition) is 2. The van der Waals surface area contributed by atoms with E-state index in [1.807, 2.05) is 12.1 Å². The summed E-state index contributed by atoms with van der Waals surface area (Å²) in [6, 6.07) is 8.43. The third-order valence-electron chi connectivity index (χ3n) is 2.75. The number of carboxylic acids is 1. The summed E-state index contributed by atoms with van der Waals surface area (Å²) in [5.41, 5.74) is 0.813. The predicted molar refractivity (Wildman–Crippen MR) is 84.2 cm³/mol. The summed E-state index contributed by atoms with van der Waals surface area (Å²) < 4.78 is 27.8. The third kappa shape index (κ3) is 3.91. The summed E-state index contributed by atoms with van der Waals surface area (Å²) in [4.78, 5) is 11.4. The van der Waals surface area contributed by atoms with E-state index >= 15 is 0 Å². The number of aryl methyl sites for hydroxylation is 1. The fraction of sp³-hybridized carbons (Fsp3) is 0.154. The van der Waals surface area contributed by atoms with Gasteiger partial charge in [-0.3, -0.25) is 0 Å². The molecule has 2 aromatic rings. The predicted octanol–water partition coefficient (Wildman–Crippen LogP) is 3.00. The number of nitrogens with one attached hydrogen (secondary N) is 1. The maximum atomic E-state index is 12.2. The molecule has 5 nitrogen and oxygen atoms in total. The second-order valence-corrected chi connectivity index (χ2v) is 8.19. The topological polar surface area (TPSA) is 83.5 Å². The lowest BCUT2D eigenvalue weighted by Crippen LogP contribution is -2.23. The molecule has 0 aliphatic carbocycles. The normalized spacial score (nSPS) is 11.5. The highest BCUT2D eigenvalue weighted by Gasteiger charge is 2.21. The van der Waals surface area contributed by atoms with Gasteiger partial charge in [-0.15, -0.1) is 11.3 Å². The summed E-state index contributed by atoms with van der Waals surface area (Å²) >= 11 is 4.25. The molecule has 0 radical (unpaired) electrons. The summed E-state index contributed by atoms with van der Waals surface area (Å²) in [6.45, 7) is 1.73. The molecule has 0 bridgehead atoms. The second-order valence-electron chi connectivity index (χ2n) is 4.29. The largest absolute Gasteiger partial charge is 0.477 e. The minimum Gasteiger partial charge on any atom is -0.477 e. The molecule has 0 amide bonds. The molecule has 0 atom stereocenters. The van der Waals surface area contributed by atoms with Crippen molar-refractivity contribution in [2.45, 2.75) is 18.4 Å². The maximum absolute atomic E-state index is 12.2. The molecule has 0 saturated carbocycles. The first-order valence-corrected chi connectivity index (χ1v) is 8.97. The number of thiophene rings is 1. The zero-order valence-corrected chi connectivity index (χ0v) is 14.2. The zero-order valence-electron chi connectivity index (χ0n) is 11.0. The van der Waals surface area contributed by atoms with E-state index in [9.17, 15) is 13.2 Å². The lowest BCUT2D eigenvalue weighted by molar-refractivity contribution is 0.0702. The van der Waals surface area contributed by atoms with Crippen molar-refractivity contribution in [2.75, 3.05) is 0 Å². The molecule has 0 aliphatic rings. The van der Waals surface area contributed by atoms with E-state index in [0.717, 1.165) is 21.4 Å². The molecule has 0 fully saturated rings. The van der Waals surface area contributed by atoms with Crippen LogP contribution in [0.3, 0.4) is 0 Å². The highest BCUT2D eigenvalue weighted by atomic mass is 79.9. The van der Waals surface area contributed by atoms with Crippen molar-refractivity contribution in [3.05, 3.63) is 50.1 Å². The van der Waals surface area contributed by atoms with Crippen molar-refractivity contribution in [3.8, 4) is 0 Å². The molecule has 2 N–H and O–H groups in total. The molecule has 112 valence electrons. The number of benzene rings is 1. The van der Waals surface area contributed by atoms with Crippen LogP contribution in [-0.2, 0) is 16.6 Å². The van der Waals surface area contributed by atoms with Gasteiger partial charge in [0.25, 0.3) is 0 Å². The van der Waals surface area contributed by atoms with Gasteiger partial charge in [-0.1, -0.05) is 28.1 Å². The van der Waals surface area contributed by atoms with E-state index in [4.69, 9.17) is 5.11 Å². The minimum atomic E-state index is -3.73. The van der Waals surface area contributed by atoms with E-state index in [-0.39, 0.29) is 16.3 Å². The number of sulfonamides is 1. The first-order valence-electron chi connectivity index (χ1n) is 5.87. The molecule has 0 unspecified atom stereocenters. The number of carboxylic acid groups (broad SMARTS) is 1. The van der Waals surface area contributed by atoms with Gasteiger partial charge < -0.3 is 5.11 Å². The molecule has 0 saturated heterocycles. The molecular weight excluding hydrogens is 378 g/mol. The van der Waals surface area contributed by atoms with E-state index in [0.29, 0.717) is 4.88 Å². The molecule has 1 heterocycles. The van der Waals surface area contributed by atoms with Crippen LogP contribution in [0.15, 0.2) is 39.7 Å². The highest BCUT2D eigenvalue weighted by Crippen LogP contribution is 2.25. The summed E-state index contributed by atoms with van der Waals surface area (Å²) in [6.07, 6.45) is 0. The standard InChI is InChI=1S/C13H12BrNO4S2/c1-8-12(6-11(20-8)13(16)17)21(18,19)15-7-9-2-4-10(14)5-3-9/h2-6,15H,7H2,1H3,(H,16,17). The Hall–Kier alpha value is -1.22. The number of hydrogen-bond acceptors (Lipinski definition) is 4. The van der Waals surface area contributed by atoms with Crippen LogP contribution in [0.1, 0.15) is 20.1 Å². The van der Waals surface area contributed by atoms with E-state index < -0.39 is 16.0 Å². The monoisotopic (exact) mass is 389 g/mol. The van der Waals surface area contributed by atoms with Crippen molar-refractivity contribution >= 4 is 43.3 Å². The van der Waals surface area contributed by atoms with Gasteiger partial charge in [-0.2, -0.15) is 0 Å². The maximum Gasteiger partial charge on any atom is 0.345 e. The van der Waals surface area contributed by atoms with Gasteiger partial charge in [0.15, 0.2) is 0 Å². The third-order valence-corrected chi connectivity index (χ3v) is 5.98. The van der Waals surface area contributed by atoms with Crippen LogP contribution in [0.4, 0.5) is 0 Å². The Labute approximate surface area is 134 Å². The van der Waals surface area contributed by atoms with Crippen LogP contribution in [0.25, 0.3) is 0 Å². The molecular formula is C13H12BrNO4S2. The van der Waals surface area contributed by atoms with Gasteiger partial charge >= 0.3 is 5.97 Å². The minimum absolute atomic E-state index is 0.0107. The molecule has 2 rings (SSSR count). The summed E-state index contributed by atoms with van der Waals surface area (Å²) in [7, 11) is -3.73. The van der Waals surface area contributed by atoms with E-state index in [1.165, 1.54) is 6.07 Å². The van der Waals surface area contributed by atoms with Gasteiger partial charge in [0.05, 0.1) is 4.90 Å². The Bertz CT molecular complexity index is 766. The van der Waals surface area contributed by atoms with E-state index in [2.05, 4.69) is 20.7 Å². The molecule has 21 heavy (non-hydrogen) atoms. The molecule has 0 spiro atoms. The Morgan fingerprint density at radius 3 is 2.48 bits per heavy atom. The van der Waals surface area contributed by atoms with E-state index in [1.54, 1.807) is 19.1 Å². The van der Waals surface area contributed by atoms with Crippen molar-refractivity contribution in [1.82, 2.24) is 4.72 Å². The average molecular weight is 390 g/mol. The van der Waals surface area contributed by atoms with Crippen molar-refractivity contribution in [1.29, 1.82) is 0 Å². The second kappa shape index (κ2) is 6.27. The summed E-state index contributed by atoms with van der Waals surface area (Å²) in [5.74, 6) is -1.13. The van der Waals surface area contributed by atoms with Crippen molar-refractivity contribution < 1.29 is 18.3 Å². The Balaban J connectivity index is 2.18.